The van der Waals surface area contributed by atoms with Crippen molar-refractivity contribution in [2.75, 3.05) is 11.9 Å². The number of ether oxygens (including phenoxy) is 1. The SMILES string of the molecule is CC(C)(C)NC(=O)c1ccccc1NC(=O)c1cccc(OCCc2ccccc2)c1. The highest BCUT2D eigenvalue weighted by atomic mass is 16.5. The van der Waals surface area contributed by atoms with Crippen LogP contribution in [0.3, 0.4) is 0 Å². The molecule has 0 heterocycles. The molecule has 0 aliphatic heterocycles. The van der Waals surface area contributed by atoms with E-state index in [1.54, 1.807) is 42.5 Å². The molecular weight excluding hydrogens is 388 g/mol. The Morgan fingerprint density at radius 1 is 0.839 bits per heavy atom. The quantitative estimate of drug-likeness (QED) is 0.564. The number of carbonyl (C=O) groups excluding carboxylic acids is 2. The second-order valence-corrected chi connectivity index (χ2v) is 8.32. The molecule has 3 aromatic rings. The number of para-hydroxylation sites is 1. The van der Waals surface area contributed by atoms with Crippen molar-refractivity contribution in [3.05, 3.63) is 95.6 Å². The number of benzene rings is 3. The van der Waals surface area contributed by atoms with E-state index in [9.17, 15) is 9.59 Å². The van der Waals surface area contributed by atoms with Crippen LogP contribution in [0.1, 0.15) is 47.1 Å². The Morgan fingerprint density at radius 2 is 1.55 bits per heavy atom. The van der Waals surface area contributed by atoms with Gasteiger partial charge in [-0.25, -0.2) is 0 Å². The number of carbonyl (C=O) groups is 2. The molecule has 0 aliphatic rings. The van der Waals surface area contributed by atoms with E-state index in [-0.39, 0.29) is 17.4 Å². The van der Waals surface area contributed by atoms with Crippen molar-refractivity contribution in [2.45, 2.75) is 32.7 Å². The van der Waals surface area contributed by atoms with Gasteiger partial charge in [0.25, 0.3) is 11.8 Å². The predicted molar refractivity (Wildman–Crippen MR) is 124 cm³/mol. The van der Waals surface area contributed by atoms with Crippen LogP contribution < -0.4 is 15.4 Å². The maximum atomic E-state index is 12.8. The summed E-state index contributed by atoms with van der Waals surface area (Å²) in [6.45, 7) is 6.26. The maximum Gasteiger partial charge on any atom is 0.255 e. The Morgan fingerprint density at radius 3 is 2.29 bits per heavy atom. The second kappa shape index (κ2) is 9.94. The van der Waals surface area contributed by atoms with Gasteiger partial charge in [-0.1, -0.05) is 48.5 Å². The van der Waals surface area contributed by atoms with E-state index in [1.165, 1.54) is 5.56 Å². The molecule has 2 N–H and O–H groups in total. The van der Waals surface area contributed by atoms with E-state index in [0.29, 0.717) is 29.2 Å². The summed E-state index contributed by atoms with van der Waals surface area (Å²) >= 11 is 0. The molecule has 5 heteroatoms. The lowest BCUT2D eigenvalue weighted by Crippen LogP contribution is -2.40. The molecule has 0 aliphatic carbocycles. The highest BCUT2D eigenvalue weighted by Gasteiger charge is 2.19. The number of anilines is 1. The number of rotatable bonds is 7. The molecule has 0 aromatic heterocycles. The first-order valence-electron chi connectivity index (χ1n) is 10.3. The highest BCUT2D eigenvalue weighted by molar-refractivity contribution is 6.09. The van der Waals surface area contributed by atoms with Crippen LogP contribution >= 0.6 is 0 Å². The third-order valence-corrected chi connectivity index (χ3v) is 4.51. The first-order valence-corrected chi connectivity index (χ1v) is 10.3. The standard InChI is InChI=1S/C26H28N2O3/c1-26(2,3)28-25(30)22-14-7-8-15-23(22)27-24(29)20-12-9-13-21(18-20)31-17-16-19-10-5-4-6-11-19/h4-15,18H,16-17H2,1-3H3,(H,27,29)(H,28,30). The van der Waals surface area contributed by atoms with Gasteiger partial charge in [0.15, 0.2) is 0 Å². The molecule has 0 bridgehead atoms. The van der Waals surface area contributed by atoms with E-state index < -0.39 is 0 Å². The van der Waals surface area contributed by atoms with Crippen LogP contribution in [0.5, 0.6) is 5.75 Å². The summed E-state index contributed by atoms with van der Waals surface area (Å²) in [5.41, 5.74) is 2.16. The van der Waals surface area contributed by atoms with Gasteiger partial charge >= 0.3 is 0 Å². The number of hydrogen-bond donors (Lipinski definition) is 2. The molecule has 5 nitrogen and oxygen atoms in total. The highest BCUT2D eigenvalue weighted by Crippen LogP contribution is 2.19. The minimum absolute atomic E-state index is 0.235. The van der Waals surface area contributed by atoms with Crippen molar-refractivity contribution in [1.29, 1.82) is 0 Å². The zero-order valence-corrected chi connectivity index (χ0v) is 18.1. The van der Waals surface area contributed by atoms with Crippen LogP contribution in [-0.4, -0.2) is 24.0 Å². The largest absolute Gasteiger partial charge is 0.493 e. The van der Waals surface area contributed by atoms with Crippen LogP contribution in [0.4, 0.5) is 5.69 Å². The minimum Gasteiger partial charge on any atom is -0.493 e. The van der Waals surface area contributed by atoms with Crippen molar-refractivity contribution in [3.8, 4) is 5.75 Å². The van der Waals surface area contributed by atoms with Gasteiger partial charge in [0, 0.05) is 17.5 Å². The van der Waals surface area contributed by atoms with Crippen molar-refractivity contribution in [1.82, 2.24) is 5.32 Å². The normalized spacial score (nSPS) is 10.9. The molecular formula is C26H28N2O3. The molecule has 0 saturated carbocycles. The summed E-state index contributed by atoms with van der Waals surface area (Å²) in [7, 11) is 0. The molecule has 3 aromatic carbocycles. The zero-order chi connectivity index (χ0) is 22.3. The van der Waals surface area contributed by atoms with Crippen molar-refractivity contribution in [2.24, 2.45) is 0 Å². The van der Waals surface area contributed by atoms with Crippen LogP contribution in [0.15, 0.2) is 78.9 Å². The van der Waals surface area contributed by atoms with Gasteiger partial charge in [0.2, 0.25) is 0 Å². The molecule has 31 heavy (non-hydrogen) atoms. The Hall–Kier alpha value is -3.60. The summed E-state index contributed by atoms with van der Waals surface area (Å²) in [6.07, 6.45) is 0.785. The first-order chi connectivity index (χ1) is 14.8. The smallest absolute Gasteiger partial charge is 0.255 e. The lowest BCUT2D eigenvalue weighted by atomic mass is 10.1. The van der Waals surface area contributed by atoms with Crippen LogP contribution in [-0.2, 0) is 6.42 Å². The van der Waals surface area contributed by atoms with Gasteiger partial charge in [-0.3, -0.25) is 9.59 Å². The van der Waals surface area contributed by atoms with E-state index >= 15 is 0 Å². The Labute approximate surface area is 183 Å². The van der Waals surface area contributed by atoms with Gasteiger partial charge in [0.1, 0.15) is 5.75 Å². The average molecular weight is 417 g/mol. The van der Waals surface area contributed by atoms with Crippen molar-refractivity contribution < 1.29 is 14.3 Å². The third-order valence-electron chi connectivity index (χ3n) is 4.51. The molecule has 0 unspecified atom stereocenters. The summed E-state index contributed by atoms with van der Waals surface area (Å²) in [4.78, 5) is 25.4. The van der Waals surface area contributed by atoms with Gasteiger partial charge in [-0.15, -0.1) is 0 Å². The van der Waals surface area contributed by atoms with Crippen LogP contribution in [0.25, 0.3) is 0 Å². The molecule has 0 spiro atoms. The van der Waals surface area contributed by atoms with Gasteiger partial charge in [-0.2, -0.15) is 0 Å². The Bertz CT molecular complexity index is 1040. The fourth-order valence-corrected chi connectivity index (χ4v) is 3.05. The third kappa shape index (κ3) is 6.71. The van der Waals surface area contributed by atoms with Gasteiger partial charge < -0.3 is 15.4 Å². The number of hydrogen-bond acceptors (Lipinski definition) is 3. The molecule has 160 valence electrons. The van der Waals surface area contributed by atoms with Gasteiger partial charge in [0.05, 0.1) is 17.9 Å². The molecule has 0 fully saturated rings. The zero-order valence-electron chi connectivity index (χ0n) is 18.1. The maximum absolute atomic E-state index is 12.8. The first kappa shape index (κ1) is 22.1. The van der Waals surface area contributed by atoms with Crippen molar-refractivity contribution >= 4 is 17.5 Å². The Kier molecular flexibility index (Phi) is 7.08. The summed E-state index contributed by atoms with van der Waals surface area (Å²) in [5, 5.41) is 5.77. The lowest BCUT2D eigenvalue weighted by Gasteiger charge is -2.21. The van der Waals surface area contributed by atoms with Crippen molar-refractivity contribution in [3.63, 3.8) is 0 Å². The minimum atomic E-state index is -0.375. The summed E-state index contributed by atoms with van der Waals surface area (Å²) < 4.78 is 5.82. The summed E-state index contributed by atoms with van der Waals surface area (Å²) in [5.74, 6) is 0.0910. The Balaban J connectivity index is 1.66. The predicted octanol–water partition coefficient (Wildman–Crippen LogP) is 5.09. The van der Waals surface area contributed by atoms with Crippen LogP contribution in [0.2, 0.25) is 0 Å². The molecule has 3 rings (SSSR count). The molecule has 0 atom stereocenters. The fraction of sp³-hybridized carbons (Fsp3) is 0.231. The topological polar surface area (TPSA) is 67.4 Å². The van der Waals surface area contributed by atoms with Gasteiger partial charge in [-0.05, 0) is 56.7 Å². The lowest BCUT2D eigenvalue weighted by molar-refractivity contribution is 0.0920. The number of nitrogens with one attached hydrogen (secondary N) is 2. The van der Waals surface area contributed by atoms with E-state index in [2.05, 4.69) is 22.8 Å². The molecule has 0 saturated heterocycles. The number of amides is 2. The van der Waals surface area contributed by atoms with E-state index in [1.807, 2.05) is 45.0 Å². The molecule has 2 amide bonds. The monoisotopic (exact) mass is 416 g/mol. The van der Waals surface area contributed by atoms with Crippen LogP contribution in [0, 0.1) is 0 Å². The van der Waals surface area contributed by atoms with E-state index in [4.69, 9.17) is 4.74 Å². The molecule has 0 radical (unpaired) electrons. The fourth-order valence-electron chi connectivity index (χ4n) is 3.05. The average Bonchev–Trinajstić information content (AvgIpc) is 2.74. The second-order valence-electron chi connectivity index (χ2n) is 8.32. The summed E-state index contributed by atoms with van der Waals surface area (Å²) in [6, 6.07) is 24.1. The van der Waals surface area contributed by atoms with E-state index in [0.717, 1.165) is 6.42 Å².